The first-order chi connectivity index (χ1) is 14.8. The van der Waals surface area contributed by atoms with Gasteiger partial charge in [-0.1, -0.05) is 97.1 Å². The van der Waals surface area contributed by atoms with Crippen molar-refractivity contribution in [2.75, 3.05) is 5.32 Å². The maximum atomic E-state index is 8.85. The Balaban J connectivity index is 1.94. The average molecular weight is 387 g/mol. The van der Waals surface area contributed by atoms with E-state index in [1.165, 1.54) is 6.08 Å². The molecule has 0 atom stereocenters. The van der Waals surface area contributed by atoms with Crippen LogP contribution in [-0.2, 0) is 5.54 Å². The van der Waals surface area contributed by atoms with Gasteiger partial charge in [0.05, 0.1) is 11.8 Å². The zero-order valence-electron chi connectivity index (χ0n) is 16.4. The number of nitrogens with one attached hydrogen (secondary N) is 1. The third-order valence-electron chi connectivity index (χ3n) is 5.04. The van der Waals surface area contributed by atoms with Gasteiger partial charge in [-0.25, -0.2) is 4.98 Å². The molecule has 3 aromatic carbocycles. The lowest BCUT2D eigenvalue weighted by atomic mass is 9.77. The molecule has 0 fully saturated rings. The van der Waals surface area contributed by atoms with Gasteiger partial charge in [-0.3, -0.25) is 0 Å². The molecule has 0 amide bonds. The Kier molecular flexibility index (Phi) is 5.68. The fraction of sp³-hybridized carbons (Fsp3) is 0.0370. The number of pyridine rings is 1. The zero-order chi connectivity index (χ0) is 20.7. The van der Waals surface area contributed by atoms with Gasteiger partial charge in [-0.2, -0.15) is 5.26 Å². The van der Waals surface area contributed by atoms with Crippen molar-refractivity contribution in [2.24, 2.45) is 0 Å². The molecule has 3 nitrogen and oxygen atoms in total. The highest BCUT2D eigenvalue weighted by molar-refractivity contribution is 5.59. The topological polar surface area (TPSA) is 48.7 Å². The number of hydrogen-bond acceptors (Lipinski definition) is 3. The molecule has 3 heteroatoms. The number of hydrogen-bond donors (Lipinski definition) is 1. The number of nitrogens with zero attached hydrogens (tertiary/aromatic N) is 2. The molecule has 0 unspecified atom stereocenters. The molecular formula is C27H21N3. The van der Waals surface area contributed by atoms with Gasteiger partial charge in [0.2, 0.25) is 0 Å². The second-order valence-electron chi connectivity index (χ2n) is 6.88. The van der Waals surface area contributed by atoms with E-state index in [1.54, 1.807) is 6.08 Å². The molecule has 0 aliphatic heterocycles. The van der Waals surface area contributed by atoms with E-state index in [2.05, 4.69) is 78.1 Å². The molecule has 4 rings (SSSR count). The van der Waals surface area contributed by atoms with E-state index in [9.17, 15) is 0 Å². The van der Waals surface area contributed by atoms with Crippen LogP contribution in [0.15, 0.2) is 115 Å². The molecule has 1 N–H and O–H groups in total. The maximum Gasteiger partial charge on any atom is 0.127 e. The number of nitriles is 1. The molecule has 30 heavy (non-hydrogen) atoms. The minimum Gasteiger partial charge on any atom is -0.353 e. The molecule has 1 aromatic heterocycles. The van der Waals surface area contributed by atoms with Crippen LogP contribution in [0.25, 0.3) is 6.08 Å². The third-order valence-corrected chi connectivity index (χ3v) is 5.04. The summed E-state index contributed by atoms with van der Waals surface area (Å²) in [6, 6.07) is 39.0. The number of anilines is 1. The van der Waals surface area contributed by atoms with E-state index in [-0.39, 0.29) is 0 Å². The predicted octanol–water partition coefficient (Wildman–Crippen LogP) is 6.02. The van der Waals surface area contributed by atoms with Crippen LogP contribution in [0.3, 0.4) is 0 Å². The summed E-state index contributed by atoms with van der Waals surface area (Å²) in [5, 5.41) is 12.6. The molecule has 0 bridgehead atoms. The van der Waals surface area contributed by atoms with Crippen molar-refractivity contribution in [3.05, 3.63) is 138 Å². The maximum absolute atomic E-state index is 8.85. The summed E-state index contributed by atoms with van der Waals surface area (Å²) >= 11 is 0. The highest BCUT2D eigenvalue weighted by Gasteiger charge is 2.36. The van der Waals surface area contributed by atoms with Crippen LogP contribution in [0.1, 0.15) is 22.4 Å². The fourth-order valence-corrected chi connectivity index (χ4v) is 3.71. The highest BCUT2D eigenvalue weighted by atomic mass is 15.1. The van der Waals surface area contributed by atoms with Gasteiger partial charge >= 0.3 is 0 Å². The molecule has 0 aliphatic carbocycles. The van der Waals surface area contributed by atoms with Crippen molar-refractivity contribution in [1.82, 2.24) is 4.98 Å². The Morgan fingerprint density at radius 2 is 1.17 bits per heavy atom. The summed E-state index contributed by atoms with van der Waals surface area (Å²) < 4.78 is 0. The largest absolute Gasteiger partial charge is 0.353 e. The Bertz CT molecular complexity index is 1060. The molecule has 0 saturated carbocycles. The van der Waals surface area contributed by atoms with Gasteiger partial charge < -0.3 is 5.32 Å². The SMILES string of the molecule is N#C/C=C/c1cccc(NC(c2ccccc2)(c2ccccc2)c2ccccc2)n1. The normalized spacial score (nSPS) is 11.2. The molecule has 144 valence electrons. The number of rotatable bonds is 6. The smallest absolute Gasteiger partial charge is 0.127 e. The molecule has 0 spiro atoms. The molecule has 0 aliphatic rings. The summed E-state index contributed by atoms with van der Waals surface area (Å²) in [7, 11) is 0. The summed E-state index contributed by atoms with van der Waals surface area (Å²) in [6.07, 6.45) is 3.14. The third kappa shape index (κ3) is 3.85. The van der Waals surface area contributed by atoms with E-state index in [4.69, 9.17) is 10.2 Å². The van der Waals surface area contributed by atoms with Gasteiger partial charge in [-0.15, -0.1) is 0 Å². The lowest BCUT2D eigenvalue weighted by Gasteiger charge is -2.37. The zero-order valence-corrected chi connectivity index (χ0v) is 16.4. The first-order valence-corrected chi connectivity index (χ1v) is 9.81. The van der Waals surface area contributed by atoms with Crippen LogP contribution >= 0.6 is 0 Å². The van der Waals surface area contributed by atoms with Crippen molar-refractivity contribution in [2.45, 2.75) is 5.54 Å². The predicted molar refractivity (Wildman–Crippen MR) is 122 cm³/mol. The Hall–Kier alpha value is -4.16. The molecule has 4 aromatic rings. The van der Waals surface area contributed by atoms with Crippen molar-refractivity contribution in [3.8, 4) is 6.07 Å². The van der Waals surface area contributed by atoms with Crippen LogP contribution in [0.4, 0.5) is 5.82 Å². The first kappa shape index (κ1) is 19.2. The molecule has 1 heterocycles. The second-order valence-corrected chi connectivity index (χ2v) is 6.88. The number of allylic oxidation sites excluding steroid dienone is 1. The average Bonchev–Trinajstić information content (AvgIpc) is 2.83. The molecular weight excluding hydrogens is 366 g/mol. The van der Waals surface area contributed by atoms with Gasteiger partial charge in [0.25, 0.3) is 0 Å². The summed E-state index contributed by atoms with van der Waals surface area (Å²) in [5.74, 6) is 0.728. The Labute approximate surface area is 177 Å². The van der Waals surface area contributed by atoms with E-state index >= 15 is 0 Å². The van der Waals surface area contributed by atoms with Crippen molar-refractivity contribution in [3.63, 3.8) is 0 Å². The molecule has 0 saturated heterocycles. The number of aromatic nitrogens is 1. The monoisotopic (exact) mass is 387 g/mol. The Morgan fingerprint density at radius 1 is 0.667 bits per heavy atom. The minimum absolute atomic E-state index is 0.631. The van der Waals surface area contributed by atoms with Crippen LogP contribution < -0.4 is 5.32 Å². The van der Waals surface area contributed by atoms with Crippen molar-refractivity contribution < 1.29 is 0 Å². The van der Waals surface area contributed by atoms with Crippen LogP contribution in [0, 0.1) is 11.3 Å². The van der Waals surface area contributed by atoms with Gasteiger partial charge in [0.1, 0.15) is 11.4 Å². The fourth-order valence-electron chi connectivity index (χ4n) is 3.71. The first-order valence-electron chi connectivity index (χ1n) is 9.81. The standard InChI is InChI=1S/C27H21N3/c28-21-11-19-25-18-10-20-26(29-25)30-27(22-12-4-1-5-13-22,23-14-6-2-7-15-23)24-16-8-3-9-17-24/h1-20H,(H,29,30)/b19-11+. The van der Waals surface area contributed by atoms with Gasteiger partial charge in [0, 0.05) is 6.08 Å². The lowest BCUT2D eigenvalue weighted by Crippen LogP contribution is -2.38. The molecule has 0 radical (unpaired) electrons. The van der Waals surface area contributed by atoms with E-state index in [0.29, 0.717) is 0 Å². The van der Waals surface area contributed by atoms with Gasteiger partial charge in [0.15, 0.2) is 0 Å². The summed E-state index contributed by atoms with van der Waals surface area (Å²) in [4.78, 5) is 4.72. The Morgan fingerprint density at radius 3 is 1.63 bits per heavy atom. The van der Waals surface area contributed by atoms with Crippen LogP contribution in [-0.4, -0.2) is 4.98 Å². The minimum atomic E-state index is -0.631. The van der Waals surface area contributed by atoms with Crippen LogP contribution in [0.2, 0.25) is 0 Å². The quantitative estimate of drug-likeness (QED) is 0.325. The summed E-state index contributed by atoms with van der Waals surface area (Å²) in [5.41, 5.74) is 3.44. The van der Waals surface area contributed by atoms with Crippen LogP contribution in [0.5, 0.6) is 0 Å². The van der Waals surface area contributed by atoms with Crippen molar-refractivity contribution >= 4 is 11.9 Å². The second kappa shape index (κ2) is 8.89. The highest BCUT2D eigenvalue weighted by Crippen LogP contribution is 2.39. The van der Waals surface area contributed by atoms with E-state index < -0.39 is 5.54 Å². The van der Waals surface area contributed by atoms with Crippen molar-refractivity contribution in [1.29, 1.82) is 5.26 Å². The number of benzene rings is 3. The van der Waals surface area contributed by atoms with Gasteiger partial charge in [-0.05, 0) is 34.9 Å². The van der Waals surface area contributed by atoms with E-state index in [1.807, 2.05) is 42.5 Å². The van der Waals surface area contributed by atoms with E-state index in [0.717, 1.165) is 28.2 Å². The lowest BCUT2D eigenvalue weighted by molar-refractivity contribution is 0.706. The summed E-state index contributed by atoms with van der Waals surface area (Å²) in [6.45, 7) is 0.